The second kappa shape index (κ2) is 5.87. The first-order chi connectivity index (χ1) is 11.6. The third-order valence-corrected chi connectivity index (χ3v) is 4.86. The Hall–Kier alpha value is -2.47. The van der Waals surface area contributed by atoms with Crippen molar-refractivity contribution in [3.05, 3.63) is 63.4 Å². The van der Waals surface area contributed by atoms with Gasteiger partial charge in [0.05, 0.1) is 10.7 Å². The number of aromatic nitrogens is 2. The highest BCUT2D eigenvalue weighted by atomic mass is 79.9. The minimum atomic E-state index is -0.343. The zero-order chi connectivity index (χ0) is 16.7. The van der Waals surface area contributed by atoms with Crippen molar-refractivity contribution in [1.29, 1.82) is 0 Å². The molecule has 2 aromatic carbocycles. The van der Waals surface area contributed by atoms with Crippen LogP contribution in [-0.4, -0.2) is 21.9 Å². The van der Waals surface area contributed by atoms with Crippen molar-refractivity contribution in [2.45, 2.75) is 12.8 Å². The molecule has 4 rings (SSSR count). The monoisotopic (exact) mass is 382 g/mol. The van der Waals surface area contributed by atoms with Crippen molar-refractivity contribution >= 4 is 38.8 Å². The Kier molecular flexibility index (Phi) is 3.69. The topological polar surface area (TPSA) is 59.3 Å². The number of carbonyl (C=O) groups excluding carboxylic acids is 1. The molecule has 0 saturated heterocycles. The molecule has 5 nitrogen and oxygen atoms in total. The minimum Gasteiger partial charge on any atom is -0.274 e. The predicted octanol–water partition coefficient (Wildman–Crippen LogP) is 3.20. The summed E-state index contributed by atoms with van der Waals surface area (Å²) in [4.78, 5) is 12.1. The number of amides is 1. The van der Waals surface area contributed by atoms with Crippen molar-refractivity contribution in [3.8, 4) is 0 Å². The summed E-state index contributed by atoms with van der Waals surface area (Å²) in [5.74, 6) is -0.343. The van der Waals surface area contributed by atoms with Gasteiger partial charge in [0.2, 0.25) is 0 Å². The van der Waals surface area contributed by atoms with Crippen LogP contribution in [0, 0.1) is 0 Å². The minimum absolute atomic E-state index is 0.315. The van der Waals surface area contributed by atoms with Gasteiger partial charge in [0.1, 0.15) is 0 Å². The van der Waals surface area contributed by atoms with Gasteiger partial charge in [0.25, 0.3) is 5.91 Å². The zero-order valence-corrected chi connectivity index (χ0v) is 14.7. The lowest BCUT2D eigenvalue weighted by molar-refractivity contribution is 0.0948. The van der Waals surface area contributed by atoms with E-state index in [0.717, 1.165) is 18.4 Å². The van der Waals surface area contributed by atoms with E-state index in [-0.39, 0.29) is 5.91 Å². The van der Waals surface area contributed by atoms with E-state index in [0.29, 0.717) is 10.2 Å². The molecular formula is C18H15BrN4O. The Bertz CT molecular complexity index is 980. The molecule has 0 aliphatic heterocycles. The van der Waals surface area contributed by atoms with Crippen molar-refractivity contribution in [1.82, 2.24) is 15.2 Å². The van der Waals surface area contributed by atoms with Gasteiger partial charge in [-0.25, -0.2) is 5.43 Å². The van der Waals surface area contributed by atoms with Crippen LogP contribution in [0.3, 0.4) is 0 Å². The van der Waals surface area contributed by atoms with Crippen molar-refractivity contribution in [2.75, 3.05) is 0 Å². The Balaban J connectivity index is 1.60. The van der Waals surface area contributed by atoms with E-state index in [2.05, 4.69) is 61.9 Å². The predicted molar refractivity (Wildman–Crippen MR) is 97.3 cm³/mol. The summed E-state index contributed by atoms with van der Waals surface area (Å²) in [5, 5.41) is 10.7. The Morgan fingerprint density at radius 2 is 2.08 bits per heavy atom. The van der Waals surface area contributed by atoms with Gasteiger partial charge >= 0.3 is 0 Å². The van der Waals surface area contributed by atoms with Gasteiger partial charge in [-0.15, -0.1) is 0 Å². The Morgan fingerprint density at radius 3 is 2.83 bits per heavy atom. The van der Waals surface area contributed by atoms with Gasteiger partial charge in [-0.1, -0.05) is 30.3 Å². The number of aryl methyl sites for hydroxylation is 3. The van der Waals surface area contributed by atoms with Gasteiger partial charge in [0, 0.05) is 18.8 Å². The van der Waals surface area contributed by atoms with Crippen LogP contribution >= 0.6 is 15.9 Å². The number of hydrogen-bond acceptors (Lipinski definition) is 3. The standard InChI is InChI=1S/C18H15BrN4O/c1-23-10-15(19)17(22-23)18(24)21-20-9-13-8-7-12-6-5-11-3-2-4-14(13)16(11)12/h2-4,7-10H,5-6H2,1H3,(H,21,24)/b20-9-. The number of benzene rings is 2. The normalized spacial score (nSPS) is 13.1. The van der Waals surface area contributed by atoms with Gasteiger partial charge in [-0.3, -0.25) is 9.48 Å². The SMILES string of the molecule is Cn1cc(Br)c(C(=O)N/N=C\c2ccc3c4c(cccc24)CC3)n1. The number of rotatable bonds is 3. The molecule has 1 amide bonds. The maximum absolute atomic E-state index is 12.1. The quantitative estimate of drug-likeness (QED) is 0.558. The molecule has 3 aromatic rings. The van der Waals surface area contributed by atoms with Gasteiger partial charge in [-0.2, -0.15) is 10.2 Å². The van der Waals surface area contributed by atoms with Crippen molar-refractivity contribution in [3.63, 3.8) is 0 Å². The molecule has 0 radical (unpaired) electrons. The van der Waals surface area contributed by atoms with Crippen LogP contribution in [0.5, 0.6) is 0 Å². The lowest BCUT2D eigenvalue weighted by Crippen LogP contribution is -2.19. The highest BCUT2D eigenvalue weighted by molar-refractivity contribution is 9.10. The summed E-state index contributed by atoms with van der Waals surface area (Å²) in [6.45, 7) is 0. The van der Waals surface area contributed by atoms with Gasteiger partial charge < -0.3 is 0 Å². The van der Waals surface area contributed by atoms with E-state index >= 15 is 0 Å². The second-order valence-electron chi connectivity index (χ2n) is 5.85. The molecule has 0 bridgehead atoms. The van der Waals surface area contributed by atoms with Crippen molar-refractivity contribution < 1.29 is 4.79 Å². The number of hydrazone groups is 1. The molecule has 1 N–H and O–H groups in total. The van der Waals surface area contributed by atoms with Crippen LogP contribution in [0.25, 0.3) is 10.8 Å². The molecule has 0 unspecified atom stereocenters. The van der Waals surface area contributed by atoms with Crippen molar-refractivity contribution in [2.24, 2.45) is 12.1 Å². The number of carbonyl (C=O) groups is 1. The van der Waals surface area contributed by atoms with E-state index in [9.17, 15) is 4.79 Å². The maximum atomic E-state index is 12.1. The summed E-state index contributed by atoms with van der Waals surface area (Å²) >= 11 is 3.31. The van der Waals surface area contributed by atoms with Crippen LogP contribution < -0.4 is 5.43 Å². The molecule has 0 atom stereocenters. The fourth-order valence-electron chi connectivity index (χ4n) is 3.21. The average Bonchev–Trinajstić information content (AvgIpc) is 3.14. The van der Waals surface area contributed by atoms with Crippen LogP contribution in [0.1, 0.15) is 27.2 Å². The van der Waals surface area contributed by atoms with Crippen LogP contribution in [0.2, 0.25) is 0 Å². The molecule has 1 heterocycles. The number of nitrogens with zero attached hydrogens (tertiary/aromatic N) is 3. The first-order valence-electron chi connectivity index (χ1n) is 7.69. The molecule has 6 heteroatoms. The Labute approximate surface area is 147 Å². The van der Waals surface area contributed by atoms with Gasteiger partial charge in [0.15, 0.2) is 5.69 Å². The van der Waals surface area contributed by atoms with E-state index in [1.54, 1.807) is 24.1 Å². The molecule has 0 fully saturated rings. The largest absolute Gasteiger partial charge is 0.293 e. The third kappa shape index (κ3) is 2.53. The molecular weight excluding hydrogens is 368 g/mol. The third-order valence-electron chi connectivity index (χ3n) is 4.28. The molecule has 24 heavy (non-hydrogen) atoms. The molecule has 1 aromatic heterocycles. The fourth-order valence-corrected chi connectivity index (χ4v) is 3.76. The summed E-state index contributed by atoms with van der Waals surface area (Å²) < 4.78 is 2.22. The van der Waals surface area contributed by atoms with E-state index in [1.807, 2.05) is 0 Å². The number of nitrogens with one attached hydrogen (secondary N) is 1. The van der Waals surface area contributed by atoms with Crippen LogP contribution in [0.4, 0.5) is 0 Å². The average molecular weight is 383 g/mol. The number of halogens is 1. The molecule has 1 aliphatic carbocycles. The lowest BCUT2D eigenvalue weighted by atomic mass is 10.0. The second-order valence-corrected chi connectivity index (χ2v) is 6.71. The number of hydrogen-bond donors (Lipinski definition) is 1. The van der Waals surface area contributed by atoms with E-state index < -0.39 is 0 Å². The molecule has 0 spiro atoms. The van der Waals surface area contributed by atoms with Gasteiger partial charge in [-0.05, 0) is 50.7 Å². The molecule has 1 aliphatic rings. The van der Waals surface area contributed by atoms with Crippen LogP contribution in [0.15, 0.2) is 46.1 Å². The smallest absolute Gasteiger partial charge is 0.274 e. The Morgan fingerprint density at radius 1 is 1.29 bits per heavy atom. The first kappa shape index (κ1) is 15.1. The summed E-state index contributed by atoms with van der Waals surface area (Å²) in [7, 11) is 1.76. The summed E-state index contributed by atoms with van der Waals surface area (Å²) in [5.41, 5.74) is 6.63. The van der Waals surface area contributed by atoms with Crippen LogP contribution in [-0.2, 0) is 19.9 Å². The first-order valence-corrected chi connectivity index (χ1v) is 8.49. The highest BCUT2D eigenvalue weighted by Crippen LogP contribution is 2.32. The molecule has 0 saturated carbocycles. The highest BCUT2D eigenvalue weighted by Gasteiger charge is 2.16. The zero-order valence-electron chi connectivity index (χ0n) is 13.1. The molecule has 120 valence electrons. The fraction of sp³-hybridized carbons (Fsp3) is 0.167. The van der Waals surface area contributed by atoms with E-state index in [4.69, 9.17) is 0 Å². The van der Waals surface area contributed by atoms with E-state index in [1.165, 1.54) is 21.9 Å². The lowest BCUT2D eigenvalue weighted by Gasteiger charge is -2.05. The summed E-state index contributed by atoms with van der Waals surface area (Å²) in [6, 6.07) is 10.6. The summed E-state index contributed by atoms with van der Waals surface area (Å²) in [6.07, 6.45) is 5.60. The maximum Gasteiger partial charge on any atom is 0.293 e.